The van der Waals surface area contributed by atoms with Crippen molar-refractivity contribution in [2.24, 2.45) is 0 Å². The first-order chi connectivity index (χ1) is 12.7. The molecule has 1 unspecified atom stereocenters. The minimum Gasteiger partial charge on any atom is -0.487 e. The molecule has 0 saturated carbocycles. The molecule has 0 aliphatic carbocycles. The number of amides is 2. The molecule has 1 aliphatic rings. The Hall–Kier alpha value is -2.54. The maximum Gasteiger partial charge on any atom is 0.318 e. The summed E-state index contributed by atoms with van der Waals surface area (Å²) in [5, 5.41) is 2.93. The van der Waals surface area contributed by atoms with Crippen LogP contribution in [0.15, 0.2) is 53.4 Å². The third-order valence-electron chi connectivity index (χ3n) is 4.58. The van der Waals surface area contributed by atoms with E-state index in [0.717, 1.165) is 16.9 Å². The molecule has 1 heterocycles. The van der Waals surface area contributed by atoms with Crippen LogP contribution in [0.25, 0.3) is 0 Å². The number of hydrogen-bond acceptors (Lipinski definition) is 4. The Bertz CT molecular complexity index is 919. The second-order valence-corrected chi connectivity index (χ2v) is 8.99. The van der Waals surface area contributed by atoms with Gasteiger partial charge in [-0.1, -0.05) is 24.3 Å². The van der Waals surface area contributed by atoms with Crippen molar-refractivity contribution in [2.75, 3.05) is 19.3 Å². The zero-order valence-corrected chi connectivity index (χ0v) is 16.5. The quantitative estimate of drug-likeness (QED) is 0.854. The smallest absolute Gasteiger partial charge is 0.318 e. The Morgan fingerprint density at radius 2 is 1.85 bits per heavy atom. The maximum absolute atomic E-state index is 12.4. The lowest BCUT2D eigenvalue weighted by molar-refractivity contribution is 0.0436. The summed E-state index contributed by atoms with van der Waals surface area (Å²) in [7, 11) is -3.22. The highest BCUT2D eigenvalue weighted by Crippen LogP contribution is 2.21. The van der Waals surface area contributed by atoms with Gasteiger partial charge in [-0.3, -0.25) is 0 Å². The van der Waals surface area contributed by atoms with Crippen molar-refractivity contribution >= 4 is 15.9 Å². The minimum atomic E-state index is -3.22. The van der Waals surface area contributed by atoms with Gasteiger partial charge in [0, 0.05) is 6.26 Å². The summed E-state index contributed by atoms with van der Waals surface area (Å²) in [4.78, 5) is 14.3. The fraction of sp³-hybridized carbons (Fsp3) is 0.350. The van der Waals surface area contributed by atoms with Gasteiger partial charge in [0.1, 0.15) is 11.9 Å². The number of nitrogens with zero attached hydrogens (tertiary/aromatic N) is 1. The molecule has 27 heavy (non-hydrogen) atoms. The van der Waals surface area contributed by atoms with E-state index >= 15 is 0 Å². The number of hydrogen-bond donors (Lipinski definition) is 1. The molecule has 3 rings (SSSR count). The summed E-state index contributed by atoms with van der Waals surface area (Å²) in [6, 6.07) is 14.0. The van der Waals surface area contributed by atoms with E-state index in [2.05, 4.69) is 5.32 Å². The number of ether oxygens (including phenoxy) is 1. The lowest BCUT2D eigenvalue weighted by Gasteiger charge is -2.39. The fourth-order valence-electron chi connectivity index (χ4n) is 2.92. The van der Waals surface area contributed by atoms with Gasteiger partial charge in [-0.15, -0.1) is 0 Å². The summed E-state index contributed by atoms with van der Waals surface area (Å²) in [5.74, 6) is 0.819. The molecule has 7 heteroatoms. The van der Waals surface area contributed by atoms with Crippen LogP contribution in [-0.4, -0.2) is 44.8 Å². The number of benzene rings is 2. The highest BCUT2D eigenvalue weighted by atomic mass is 32.2. The third kappa shape index (κ3) is 4.80. The molecule has 2 aromatic carbocycles. The Labute approximate surface area is 160 Å². The number of carbonyl (C=O) groups is 1. The van der Waals surface area contributed by atoms with Crippen LogP contribution in [0.1, 0.15) is 24.1 Å². The van der Waals surface area contributed by atoms with Crippen LogP contribution in [0.3, 0.4) is 0 Å². The minimum absolute atomic E-state index is 0.00176. The van der Waals surface area contributed by atoms with E-state index in [1.807, 2.05) is 38.1 Å². The van der Waals surface area contributed by atoms with Crippen molar-refractivity contribution in [3.63, 3.8) is 0 Å². The first-order valence-electron chi connectivity index (χ1n) is 8.81. The van der Waals surface area contributed by atoms with Crippen molar-refractivity contribution in [3.05, 3.63) is 59.7 Å². The number of carbonyl (C=O) groups excluding carboxylic acids is 1. The van der Waals surface area contributed by atoms with Gasteiger partial charge in [0.25, 0.3) is 0 Å². The molecular weight excluding hydrogens is 364 g/mol. The van der Waals surface area contributed by atoms with Gasteiger partial charge in [-0.2, -0.15) is 0 Å². The van der Waals surface area contributed by atoms with E-state index < -0.39 is 9.84 Å². The standard InChI is InChI=1S/C20H24N2O4S/c1-14-5-4-6-17(11-14)26-18-12-22(13-18)20(23)21-15(2)16-7-9-19(10-8-16)27(3,24)25/h4-11,15,18H,12-13H2,1-3H3,(H,21,23). The second-order valence-electron chi connectivity index (χ2n) is 6.97. The average molecular weight is 388 g/mol. The molecule has 0 bridgehead atoms. The Balaban J connectivity index is 1.50. The molecular formula is C20H24N2O4S. The molecule has 144 valence electrons. The van der Waals surface area contributed by atoms with Crippen molar-refractivity contribution < 1.29 is 17.9 Å². The van der Waals surface area contributed by atoms with Gasteiger partial charge in [0.05, 0.1) is 24.0 Å². The van der Waals surface area contributed by atoms with Crippen molar-refractivity contribution in [2.45, 2.75) is 30.9 Å². The highest BCUT2D eigenvalue weighted by Gasteiger charge is 2.32. The third-order valence-corrected chi connectivity index (χ3v) is 5.70. The lowest BCUT2D eigenvalue weighted by Crippen LogP contribution is -2.59. The van der Waals surface area contributed by atoms with Crippen LogP contribution in [0.2, 0.25) is 0 Å². The molecule has 6 nitrogen and oxygen atoms in total. The van der Waals surface area contributed by atoms with Crippen LogP contribution in [0, 0.1) is 6.92 Å². The molecule has 1 N–H and O–H groups in total. The summed E-state index contributed by atoms with van der Waals surface area (Å²) < 4.78 is 28.9. The molecule has 0 spiro atoms. The van der Waals surface area contributed by atoms with Crippen LogP contribution < -0.4 is 10.1 Å². The van der Waals surface area contributed by atoms with Gasteiger partial charge < -0.3 is 15.0 Å². The van der Waals surface area contributed by atoms with Gasteiger partial charge in [-0.25, -0.2) is 13.2 Å². The number of aryl methyl sites for hydroxylation is 1. The predicted octanol–water partition coefficient (Wildman–Crippen LogP) is 2.93. The van der Waals surface area contributed by atoms with E-state index in [1.165, 1.54) is 6.26 Å². The summed E-state index contributed by atoms with van der Waals surface area (Å²) >= 11 is 0. The molecule has 2 aromatic rings. The first-order valence-corrected chi connectivity index (χ1v) is 10.7. The average Bonchev–Trinajstić information content (AvgIpc) is 2.57. The first kappa shape index (κ1) is 19.2. The number of rotatable bonds is 5. The van der Waals surface area contributed by atoms with Crippen molar-refractivity contribution in [1.82, 2.24) is 10.2 Å². The zero-order valence-electron chi connectivity index (χ0n) is 15.7. The van der Waals surface area contributed by atoms with Crippen molar-refractivity contribution in [1.29, 1.82) is 0 Å². The summed E-state index contributed by atoms with van der Waals surface area (Å²) in [5.41, 5.74) is 1.99. The van der Waals surface area contributed by atoms with Gasteiger partial charge in [-0.05, 0) is 49.2 Å². The Kier molecular flexibility index (Phi) is 5.41. The zero-order chi connectivity index (χ0) is 19.6. The van der Waals surface area contributed by atoms with Gasteiger partial charge >= 0.3 is 6.03 Å². The number of sulfone groups is 1. The Morgan fingerprint density at radius 1 is 1.19 bits per heavy atom. The van der Waals surface area contributed by atoms with E-state index in [4.69, 9.17) is 4.74 Å². The summed E-state index contributed by atoms with van der Waals surface area (Å²) in [6.07, 6.45) is 1.17. The number of urea groups is 1. The maximum atomic E-state index is 12.4. The van der Waals surface area contributed by atoms with E-state index in [0.29, 0.717) is 13.1 Å². The van der Waals surface area contributed by atoms with Crippen LogP contribution in [-0.2, 0) is 9.84 Å². The molecule has 1 saturated heterocycles. The van der Waals surface area contributed by atoms with E-state index in [1.54, 1.807) is 29.2 Å². The Morgan fingerprint density at radius 3 is 2.44 bits per heavy atom. The SMILES string of the molecule is Cc1cccc(OC2CN(C(=O)NC(C)c3ccc(S(C)(=O)=O)cc3)C2)c1. The van der Waals surface area contributed by atoms with Crippen LogP contribution >= 0.6 is 0 Å². The van der Waals surface area contributed by atoms with Gasteiger partial charge in [0.2, 0.25) is 0 Å². The number of nitrogens with one attached hydrogen (secondary N) is 1. The molecule has 1 atom stereocenters. The molecule has 1 aliphatic heterocycles. The van der Waals surface area contributed by atoms with E-state index in [9.17, 15) is 13.2 Å². The molecule has 0 aromatic heterocycles. The molecule has 2 amide bonds. The van der Waals surface area contributed by atoms with Crippen LogP contribution in [0.4, 0.5) is 4.79 Å². The van der Waals surface area contributed by atoms with Crippen molar-refractivity contribution in [3.8, 4) is 5.75 Å². The number of likely N-dealkylation sites (tertiary alicyclic amines) is 1. The predicted molar refractivity (Wildman–Crippen MR) is 104 cm³/mol. The highest BCUT2D eigenvalue weighted by molar-refractivity contribution is 7.90. The van der Waals surface area contributed by atoms with Gasteiger partial charge in [0.15, 0.2) is 9.84 Å². The normalized spacial score (nSPS) is 15.7. The van der Waals surface area contributed by atoms with E-state index in [-0.39, 0.29) is 23.1 Å². The monoisotopic (exact) mass is 388 g/mol. The second kappa shape index (κ2) is 7.60. The largest absolute Gasteiger partial charge is 0.487 e. The molecule has 1 fully saturated rings. The fourth-order valence-corrected chi connectivity index (χ4v) is 3.55. The van der Waals surface area contributed by atoms with Crippen LogP contribution in [0.5, 0.6) is 5.75 Å². The lowest BCUT2D eigenvalue weighted by atomic mass is 10.1. The summed E-state index contributed by atoms with van der Waals surface area (Å²) in [6.45, 7) is 4.96. The topological polar surface area (TPSA) is 75.7 Å². The molecule has 0 radical (unpaired) electrons.